The van der Waals surface area contributed by atoms with Crippen LogP contribution in [0.3, 0.4) is 0 Å². The number of piperidine rings is 1. The van der Waals surface area contributed by atoms with Gasteiger partial charge in [-0.25, -0.2) is 9.59 Å². The molecule has 4 rings (SSSR count). The van der Waals surface area contributed by atoms with Crippen molar-refractivity contribution in [1.82, 2.24) is 4.90 Å². The SMILES string of the molecule is CN1CCC(=C2c3ccccc3Oc3ccc(C#N)cc32)CC1.O=C(O)C=CC(=O)O. The summed E-state index contributed by atoms with van der Waals surface area (Å²) in [6.45, 7) is 2.16. The normalized spacial score (nSPS) is 15.1. The number of nitriles is 1. The van der Waals surface area contributed by atoms with Crippen molar-refractivity contribution in [2.24, 2.45) is 0 Å². The summed E-state index contributed by atoms with van der Waals surface area (Å²) in [6, 6.07) is 16.1. The molecule has 0 bridgehead atoms. The molecule has 7 nitrogen and oxygen atoms in total. The van der Waals surface area contributed by atoms with Gasteiger partial charge in [-0.1, -0.05) is 23.8 Å². The molecule has 1 saturated heterocycles. The highest BCUT2D eigenvalue weighted by molar-refractivity contribution is 5.90. The molecule has 0 amide bonds. The molecule has 0 atom stereocenters. The Labute approximate surface area is 180 Å². The van der Waals surface area contributed by atoms with Gasteiger partial charge >= 0.3 is 11.9 Å². The second-order valence-electron chi connectivity index (χ2n) is 7.21. The minimum Gasteiger partial charge on any atom is -0.478 e. The number of ether oxygens (including phenoxy) is 1. The van der Waals surface area contributed by atoms with E-state index in [2.05, 4.69) is 30.1 Å². The van der Waals surface area contributed by atoms with Crippen molar-refractivity contribution in [3.63, 3.8) is 0 Å². The fourth-order valence-electron chi connectivity index (χ4n) is 3.57. The Morgan fingerprint density at radius 2 is 1.61 bits per heavy atom. The summed E-state index contributed by atoms with van der Waals surface area (Å²) < 4.78 is 6.07. The first-order valence-electron chi connectivity index (χ1n) is 9.75. The van der Waals surface area contributed by atoms with Crippen molar-refractivity contribution in [3.8, 4) is 17.6 Å². The highest BCUT2D eigenvalue weighted by Crippen LogP contribution is 2.46. The van der Waals surface area contributed by atoms with Crippen molar-refractivity contribution in [1.29, 1.82) is 5.26 Å². The van der Waals surface area contributed by atoms with E-state index in [-0.39, 0.29) is 0 Å². The van der Waals surface area contributed by atoms with Crippen molar-refractivity contribution < 1.29 is 24.5 Å². The zero-order valence-corrected chi connectivity index (χ0v) is 17.0. The summed E-state index contributed by atoms with van der Waals surface area (Å²) in [4.78, 5) is 21.5. The number of rotatable bonds is 2. The fraction of sp³-hybridized carbons (Fsp3) is 0.208. The molecule has 0 aliphatic carbocycles. The van der Waals surface area contributed by atoms with Crippen LogP contribution in [0.4, 0.5) is 0 Å². The van der Waals surface area contributed by atoms with E-state index in [1.807, 2.05) is 30.3 Å². The van der Waals surface area contributed by atoms with E-state index in [1.165, 1.54) is 11.1 Å². The maximum Gasteiger partial charge on any atom is 0.328 e. The van der Waals surface area contributed by atoms with E-state index in [9.17, 15) is 14.9 Å². The lowest BCUT2D eigenvalue weighted by Crippen LogP contribution is -2.27. The molecule has 7 heteroatoms. The van der Waals surface area contributed by atoms with E-state index in [1.54, 1.807) is 0 Å². The summed E-state index contributed by atoms with van der Waals surface area (Å²) in [6.07, 6.45) is 3.25. The summed E-state index contributed by atoms with van der Waals surface area (Å²) in [7, 11) is 2.17. The lowest BCUT2D eigenvalue weighted by Gasteiger charge is -2.30. The van der Waals surface area contributed by atoms with E-state index in [4.69, 9.17) is 14.9 Å². The highest BCUT2D eigenvalue weighted by atomic mass is 16.5. The molecule has 0 unspecified atom stereocenters. The fourth-order valence-corrected chi connectivity index (χ4v) is 3.57. The van der Waals surface area contributed by atoms with Crippen LogP contribution in [-0.2, 0) is 9.59 Å². The van der Waals surface area contributed by atoms with E-state index >= 15 is 0 Å². The zero-order chi connectivity index (χ0) is 22.4. The van der Waals surface area contributed by atoms with Gasteiger partial charge in [0, 0.05) is 36.4 Å². The van der Waals surface area contributed by atoms with Crippen molar-refractivity contribution >= 4 is 17.5 Å². The molecule has 0 saturated carbocycles. The van der Waals surface area contributed by atoms with E-state index in [0.29, 0.717) is 17.7 Å². The standard InChI is InChI=1S/C20H18N2O.C4H4O4/c1-22-10-8-15(9-11-22)20-16-4-2-3-5-18(16)23-19-7-6-14(13-21)12-17(19)20;5-3(6)1-2-4(7)8/h2-7,12H,8-11H2,1H3;1-2H,(H,5,6)(H,7,8). The molecule has 2 aromatic carbocycles. The van der Waals surface area contributed by atoms with Crippen LogP contribution in [0.5, 0.6) is 11.5 Å². The molecule has 0 radical (unpaired) electrons. The minimum atomic E-state index is -1.26. The van der Waals surface area contributed by atoms with Gasteiger partial charge in [0.1, 0.15) is 11.5 Å². The van der Waals surface area contributed by atoms with Crippen LogP contribution in [0, 0.1) is 11.3 Å². The second kappa shape index (κ2) is 9.74. The van der Waals surface area contributed by atoms with Crippen molar-refractivity contribution in [2.45, 2.75) is 12.8 Å². The van der Waals surface area contributed by atoms with Gasteiger partial charge < -0.3 is 19.8 Å². The number of hydrogen-bond acceptors (Lipinski definition) is 5. The Morgan fingerprint density at radius 1 is 1.00 bits per heavy atom. The molecule has 2 aromatic rings. The average Bonchev–Trinajstić information content (AvgIpc) is 2.77. The molecule has 158 valence electrons. The van der Waals surface area contributed by atoms with Gasteiger partial charge in [0.05, 0.1) is 11.6 Å². The number of aliphatic carboxylic acids is 2. The third-order valence-electron chi connectivity index (χ3n) is 5.07. The lowest BCUT2D eigenvalue weighted by molar-refractivity contribution is -0.134. The van der Waals surface area contributed by atoms with Crippen molar-refractivity contribution in [3.05, 3.63) is 76.9 Å². The monoisotopic (exact) mass is 418 g/mol. The van der Waals surface area contributed by atoms with Gasteiger partial charge in [0.2, 0.25) is 0 Å². The topological polar surface area (TPSA) is 111 Å². The third-order valence-corrected chi connectivity index (χ3v) is 5.07. The Bertz CT molecular complexity index is 1090. The third kappa shape index (κ3) is 5.38. The molecule has 2 heterocycles. The number of fused-ring (bicyclic) bond motifs is 2. The number of likely N-dealkylation sites (tertiary alicyclic amines) is 1. The first-order chi connectivity index (χ1) is 14.9. The van der Waals surface area contributed by atoms with Gasteiger partial charge in [0.15, 0.2) is 0 Å². The zero-order valence-electron chi connectivity index (χ0n) is 17.0. The summed E-state index contributed by atoms with van der Waals surface area (Å²) >= 11 is 0. The summed E-state index contributed by atoms with van der Waals surface area (Å²) in [5.74, 6) is -0.755. The van der Waals surface area contributed by atoms with Crippen LogP contribution < -0.4 is 4.74 Å². The largest absolute Gasteiger partial charge is 0.478 e. The molecule has 2 aliphatic heterocycles. The van der Waals surface area contributed by atoms with Crippen LogP contribution in [-0.4, -0.2) is 47.2 Å². The second-order valence-corrected chi connectivity index (χ2v) is 7.21. The van der Waals surface area contributed by atoms with E-state index in [0.717, 1.165) is 48.6 Å². The first-order valence-corrected chi connectivity index (χ1v) is 9.75. The Kier molecular flexibility index (Phi) is 6.85. The predicted octanol–water partition coefficient (Wildman–Crippen LogP) is 3.90. The Balaban J connectivity index is 0.000000293. The molecule has 2 aliphatic rings. The van der Waals surface area contributed by atoms with Crippen LogP contribution in [0.2, 0.25) is 0 Å². The molecule has 31 heavy (non-hydrogen) atoms. The Morgan fingerprint density at radius 3 is 2.23 bits per heavy atom. The molecule has 1 fully saturated rings. The number of nitrogens with zero attached hydrogens (tertiary/aromatic N) is 2. The van der Waals surface area contributed by atoms with Crippen LogP contribution in [0.25, 0.3) is 5.57 Å². The molecular weight excluding hydrogens is 396 g/mol. The summed E-state index contributed by atoms with van der Waals surface area (Å²) in [5, 5.41) is 24.9. The number of benzene rings is 2. The van der Waals surface area contributed by atoms with Gasteiger partial charge in [-0.05, 0) is 49.7 Å². The van der Waals surface area contributed by atoms with E-state index < -0.39 is 11.9 Å². The quantitative estimate of drug-likeness (QED) is 0.607. The molecule has 0 aromatic heterocycles. The lowest BCUT2D eigenvalue weighted by atomic mass is 9.85. The molecular formula is C24H22N2O5. The molecule has 2 N–H and O–H groups in total. The van der Waals surface area contributed by atoms with Gasteiger partial charge in [0.25, 0.3) is 0 Å². The number of carboxylic acid groups (broad SMARTS) is 2. The highest BCUT2D eigenvalue weighted by Gasteiger charge is 2.26. The van der Waals surface area contributed by atoms with Gasteiger partial charge in [-0.15, -0.1) is 0 Å². The van der Waals surface area contributed by atoms with Crippen LogP contribution >= 0.6 is 0 Å². The van der Waals surface area contributed by atoms with Crippen LogP contribution in [0.1, 0.15) is 29.5 Å². The number of hydrogen-bond donors (Lipinski definition) is 2. The smallest absolute Gasteiger partial charge is 0.328 e. The van der Waals surface area contributed by atoms with Crippen LogP contribution in [0.15, 0.2) is 60.2 Å². The summed E-state index contributed by atoms with van der Waals surface area (Å²) in [5.41, 5.74) is 5.62. The van der Waals surface area contributed by atoms with Gasteiger partial charge in [-0.2, -0.15) is 5.26 Å². The predicted molar refractivity (Wildman–Crippen MR) is 115 cm³/mol. The molecule has 0 spiro atoms. The number of carbonyl (C=O) groups is 2. The number of para-hydroxylation sites is 1. The van der Waals surface area contributed by atoms with Gasteiger partial charge in [-0.3, -0.25) is 0 Å². The average molecular weight is 418 g/mol. The van der Waals surface area contributed by atoms with Crippen molar-refractivity contribution in [2.75, 3.05) is 20.1 Å². The maximum absolute atomic E-state index is 9.55. The maximum atomic E-state index is 9.55. The number of carboxylic acids is 2. The minimum absolute atomic E-state index is 0.558. The first kappa shape index (κ1) is 21.8. The Hall–Kier alpha value is -3.89.